The van der Waals surface area contributed by atoms with Gasteiger partial charge in [-0.25, -0.2) is 63.6 Å². The molecule has 0 saturated heterocycles. The predicted molar refractivity (Wildman–Crippen MR) is 569 cm³/mol. The molecule has 0 atom stereocenters. The number of nitrogen functional groups attached to an aromatic ring is 1. The molecule has 3 N–H and O–H groups in total. The molecule has 0 fully saturated rings. The Balaban J connectivity index is 0.000000321. The molecule has 0 aliphatic rings. The summed E-state index contributed by atoms with van der Waals surface area (Å²) in [6, 6.07) is 69.9. The fourth-order valence-electron chi connectivity index (χ4n) is 12.9. The van der Waals surface area contributed by atoms with Gasteiger partial charge in [0.1, 0.15) is 40.0 Å². The molecule has 15 aromatic rings. The van der Waals surface area contributed by atoms with E-state index in [9.17, 15) is 44.0 Å². The molecule has 24 nitrogen and oxygen atoms in total. The van der Waals surface area contributed by atoms with Gasteiger partial charge in [0, 0.05) is 59.6 Å². The minimum Gasteiger partial charge on any atom is -0.508 e. The maximum atomic E-state index is 12.4. The summed E-state index contributed by atoms with van der Waals surface area (Å²) in [7, 11) is -7.50. The Hall–Kier alpha value is -15.7. The lowest BCUT2D eigenvalue weighted by Crippen LogP contribution is -2.15. The Kier molecular flexibility index (Phi) is 36.8. The molecule has 0 unspecified atom stereocenters. The number of phenolic OH excluding ortho intramolecular Hbond substituents is 1. The highest BCUT2D eigenvalue weighted by atomic mass is 32.2. The van der Waals surface area contributed by atoms with Crippen LogP contribution in [0.4, 0.5) is 5.82 Å². The Morgan fingerprint density at radius 2 is 0.766 bits per heavy atom. The zero-order chi connectivity index (χ0) is 102. The van der Waals surface area contributed by atoms with Gasteiger partial charge in [-0.2, -0.15) is 5.26 Å². The number of benzene rings is 9. The van der Waals surface area contributed by atoms with Crippen LogP contribution in [-0.2, 0) is 39.3 Å². The van der Waals surface area contributed by atoms with Crippen LogP contribution >= 0.6 is 11.3 Å². The summed E-state index contributed by atoms with van der Waals surface area (Å²) >= 11 is 1.58. The van der Waals surface area contributed by atoms with Crippen molar-refractivity contribution < 1.29 is 56.8 Å². The van der Waals surface area contributed by atoms with E-state index in [0.29, 0.717) is 106 Å². The van der Waals surface area contributed by atoms with Crippen molar-refractivity contribution >= 4 is 56.5 Å². The summed E-state index contributed by atoms with van der Waals surface area (Å²) in [4.78, 5) is 48.9. The van der Waals surface area contributed by atoms with E-state index in [4.69, 9.17) is 15.2 Å². The number of hydrogen-bond acceptors (Lipinski definition) is 25. The van der Waals surface area contributed by atoms with E-state index < -0.39 is 60.3 Å². The number of sulfone groups is 4. The van der Waals surface area contributed by atoms with E-state index in [1.54, 1.807) is 238 Å². The number of hydrogen-bond donors (Lipinski definition) is 2. The van der Waals surface area contributed by atoms with Gasteiger partial charge in [-0.1, -0.05) is 133 Å². The standard InChI is InChI=1S/C27H31N3O3S.C23H22N2O3S.C23H22N2O2S.C20H18N2O2S2.C19H12N4O.6H2/c1-20(2)34(31,32)25-13-11-23(12-14-25)27-19-28-21(3)26(29-27)15-10-22-8-6-9-24(18-22)33-17-7-16-30(4)5;1-16(2)29(26,27)20-12-9-18(10-13-20)22-15-24-17(3)21(25-22)14-11-19-7-5-6-8-23(19)28-4;1-16(2)28(26,27)21-11-9-20(10-12-21)23-15-24-18(4)22(25-23)13-8-19-7-5-6-17(3)14-19;1-14(2)26(23,24)18-9-6-16(7-10-18)20-13-21-15(3)19(22-20)11-8-17-5-4-12-25-17;20-11-14-5-1-2-7-16(14)18-12-22-19(21)17(23-18)9-8-13-4-3-6-15(24)10-13;;;;;;/h6,8-9,11-14,18-20H,7,16-17H2,1-5H3;5-10,12-13,15-16H,1-4H3;5-7,9-12,14-16H,1-4H3;4-7,9-10,12-14H,1-3H3;1-7,10,12,24H,(H2,21,22);6*1H. The molecule has 9 aromatic carbocycles. The number of nitriles is 1. The van der Waals surface area contributed by atoms with Gasteiger partial charge in [0.15, 0.2) is 50.9 Å². The van der Waals surface area contributed by atoms with Crippen LogP contribution in [0.1, 0.15) is 160 Å². The van der Waals surface area contributed by atoms with E-state index in [1.165, 1.54) is 6.20 Å². The average molecular weight is 1980 g/mol. The molecule has 0 aliphatic heterocycles. The van der Waals surface area contributed by atoms with Gasteiger partial charge < -0.3 is 25.2 Å². The van der Waals surface area contributed by atoms with Gasteiger partial charge in [-0.05, 0) is 278 Å². The maximum Gasteiger partial charge on any atom is 0.180 e. The van der Waals surface area contributed by atoms with Crippen molar-refractivity contribution in [2.45, 2.75) is 137 Å². The van der Waals surface area contributed by atoms with E-state index in [2.05, 4.69) is 120 Å². The van der Waals surface area contributed by atoms with E-state index in [0.717, 1.165) is 90.9 Å². The Labute approximate surface area is 839 Å². The summed E-state index contributed by atoms with van der Waals surface area (Å²) in [5, 5.41) is 18.8. The SMILES string of the molecule is COc1ccccc1C#Cc1nc(-c2ccc(S(=O)(=O)C(C)C)cc2)cnc1C.Cc1cccc(C#Cc2nc(-c3ccc(S(=O)(=O)C(C)C)cc3)cnc2C)c1.Cc1ncc(-c2ccc(S(=O)(=O)C(C)C)cc2)nc1C#Cc1cccc(OCCCN(C)C)c1.Cc1ncc(-c2ccc(S(=O)(=O)C(C)C)cc2)nc1C#Cc1cccs1.N#Cc1ccccc1-c1cnc(N)c(C#Cc2cccc(O)c2)n1.[HH].[HH].[HH].[HH].[HH].[HH]. The van der Waals surface area contributed by atoms with E-state index in [-0.39, 0.29) is 20.1 Å². The van der Waals surface area contributed by atoms with Crippen LogP contribution in [0.2, 0.25) is 0 Å². The minimum absolute atomic E-state index is 0. The number of nitrogens with zero attached hydrogens (tertiary/aromatic N) is 12. The average Bonchev–Trinajstić information content (AvgIpc) is 1.22. The fraction of sp³-hybridized carbons (Fsp3) is 0.205. The van der Waals surface area contributed by atoms with Gasteiger partial charge in [0.2, 0.25) is 0 Å². The second-order valence-electron chi connectivity index (χ2n) is 33.3. The number of phenols is 1. The number of nitrogens with two attached hydrogens (primary N) is 1. The van der Waals surface area contributed by atoms with Crippen LogP contribution in [0.15, 0.2) is 286 Å². The van der Waals surface area contributed by atoms with Crippen LogP contribution in [-0.4, -0.2) is 149 Å². The molecule has 726 valence electrons. The van der Waals surface area contributed by atoms with Crippen molar-refractivity contribution in [2.75, 3.05) is 40.1 Å². The lowest BCUT2D eigenvalue weighted by molar-refractivity contribution is 0.281. The van der Waals surface area contributed by atoms with Crippen molar-refractivity contribution in [1.29, 1.82) is 5.26 Å². The quantitative estimate of drug-likeness (QED) is 0.0561. The Morgan fingerprint density at radius 3 is 1.16 bits per heavy atom. The summed E-state index contributed by atoms with van der Waals surface area (Å²) in [6.45, 7) is 24.5. The van der Waals surface area contributed by atoms with Crippen LogP contribution in [0.25, 0.3) is 56.3 Å². The molecule has 29 heteroatoms. The van der Waals surface area contributed by atoms with E-state index in [1.807, 2.05) is 145 Å². The lowest BCUT2D eigenvalue weighted by atomic mass is 10.1. The summed E-state index contributed by atoms with van der Waals surface area (Å²) in [5.74, 6) is 32.4. The normalized spacial score (nSPS) is 11.0. The van der Waals surface area contributed by atoms with Crippen LogP contribution in [0.3, 0.4) is 0 Å². The number of aromatic hydroxyl groups is 1. The third-order valence-corrected chi connectivity index (χ3v) is 30.8. The molecule has 6 aromatic heterocycles. The van der Waals surface area contributed by atoms with Gasteiger partial charge in [0.25, 0.3) is 0 Å². The molecule has 0 bridgehead atoms. The number of para-hydroxylation sites is 1. The third kappa shape index (κ3) is 29.2. The molecule has 0 aliphatic carbocycles. The van der Waals surface area contributed by atoms with Crippen LogP contribution in [0.5, 0.6) is 17.2 Å². The molecule has 6 heterocycles. The molecular weight excluding hydrogens is 1860 g/mol. The van der Waals surface area contributed by atoms with Gasteiger partial charge in [0.05, 0.1) is 159 Å². The molecule has 15 rings (SSSR count). The predicted octanol–water partition coefficient (Wildman–Crippen LogP) is 21.0. The zero-order valence-electron chi connectivity index (χ0n) is 80.8. The lowest BCUT2D eigenvalue weighted by Gasteiger charge is -2.10. The Bertz CT molecular complexity index is 7930. The number of methoxy groups -OCH3 is 1. The van der Waals surface area contributed by atoms with E-state index >= 15 is 0 Å². The summed E-state index contributed by atoms with van der Waals surface area (Å²) in [5.41, 5.74) is 23.3. The molecule has 141 heavy (non-hydrogen) atoms. The first-order chi connectivity index (χ1) is 67.3. The van der Waals surface area contributed by atoms with Crippen molar-refractivity contribution in [2.24, 2.45) is 0 Å². The minimum atomic E-state index is -3.32. The molecule has 0 spiro atoms. The topological polar surface area (TPSA) is 357 Å². The number of thiophene rings is 1. The second-order valence-corrected chi connectivity index (χ2v) is 44.2. The number of rotatable bonds is 19. The zero-order valence-corrected chi connectivity index (χ0v) is 84.9. The van der Waals surface area contributed by atoms with Crippen LogP contribution in [0, 0.1) is 105 Å². The number of ether oxygens (including phenoxy) is 2. The summed E-state index contributed by atoms with van der Waals surface area (Å²) in [6.07, 6.45) is 9.17. The van der Waals surface area contributed by atoms with Gasteiger partial charge in [-0.15, -0.1) is 11.3 Å². The number of anilines is 1. The van der Waals surface area contributed by atoms with Crippen molar-refractivity contribution in [3.8, 4) is 139 Å². The maximum absolute atomic E-state index is 12.4. The first-order valence-corrected chi connectivity index (χ1v) is 51.7. The smallest absolute Gasteiger partial charge is 0.180 e. The Morgan fingerprint density at radius 1 is 0.397 bits per heavy atom. The van der Waals surface area contributed by atoms with Crippen molar-refractivity contribution in [3.63, 3.8) is 0 Å². The van der Waals surface area contributed by atoms with Crippen molar-refractivity contribution in [1.82, 2.24) is 54.7 Å². The molecular formula is C112H117N13O11S5. The largest absolute Gasteiger partial charge is 0.508 e. The highest BCUT2D eigenvalue weighted by Gasteiger charge is 2.24. The highest BCUT2D eigenvalue weighted by Crippen LogP contribution is 2.30. The molecule has 0 saturated carbocycles. The highest BCUT2D eigenvalue weighted by molar-refractivity contribution is 7.93. The monoisotopic (exact) mass is 1980 g/mol. The van der Waals surface area contributed by atoms with Gasteiger partial charge in [-0.3, -0.25) is 19.9 Å². The van der Waals surface area contributed by atoms with Crippen molar-refractivity contribution in [3.05, 3.63) is 356 Å². The fourth-order valence-corrected chi connectivity index (χ4v) is 17.7. The second kappa shape index (κ2) is 49.1. The first-order valence-electron chi connectivity index (χ1n) is 44.7. The molecule has 0 amide bonds. The first kappa shape index (κ1) is 106. The number of aromatic nitrogens is 10. The summed E-state index contributed by atoms with van der Waals surface area (Å²) < 4.78 is 109. The third-order valence-electron chi connectivity index (χ3n) is 21.3. The van der Waals surface area contributed by atoms with Gasteiger partial charge >= 0.3 is 0 Å². The van der Waals surface area contributed by atoms with Crippen LogP contribution < -0.4 is 15.2 Å². The number of aryl methyl sites for hydroxylation is 5. The molecule has 0 radical (unpaired) electrons.